The van der Waals surface area contributed by atoms with E-state index in [9.17, 15) is 9.18 Å². The first-order valence-corrected chi connectivity index (χ1v) is 11.3. The second-order valence-electron chi connectivity index (χ2n) is 7.16. The van der Waals surface area contributed by atoms with E-state index in [1.54, 1.807) is 12.1 Å². The zero-order chi connectivity index (χ0) is 22.7. The molecule has 0 spiro atoms. The highest BCUT2D eigenvalue weighted by molar-refractivity contribution is 8.00. The Labute approximate surface area is 193 Å². The number of aromatic nitrogens is 1. The first kappa shape index (κ1) is 22.4. The van der Waals surface area contributed by atoms with Crippen molar-refractivity contribution in [2.24, 2.45) is 0 Å². The Kier molecular flexibility index (Phi) is 6.83. The predicted octanol–water partition coefficient (Wildman–Crippen LogP) is 5.59. The highest BCUT2D eigenvalue weighted by Crippen LogP contribution is 2.33. The number of carbonyl (C=O) groups is 1. The molecule has 1 aromatic heterocycles. The van der Waals surface area contributed by atoms with Crippen molar-refractivity contribution in [3.63, 3.8) is 0 Å². The van der Waals surface area contributed by atoms with E-state index in [0.717, 1.165) is 17.2 Å². The van der Waals surface area contributed by atoms with Crippen LogP contribution in [-0.4, -0.2) is 34.8 Å². The van der Waals surface area contributed by atoms with Crippen LogP contribution >= 0.6 is 23.5 Å². The molecule has 2 heterocycles. The number of nitrogens with one attached hydrogen (secondary N) is 3. The van der Waals surface area contributed by atoms with Gasteiger partial charge in [-0.15, -0.1) is 0 Å². The number of anilines is 2. The van der Waals surface area contributed by atoms with Crippen LogP contribution in [-0.2, 0) is 0 Å². The van der Waals surface area contributed by atoms with E-state index in [-0.39, 0.29) is 17.9 Å². The first-order chi connectivity index (χ1) is 15.5. The van der Waals surface area contributed by atoms with Crippen molar-refractivity contribution in [2.45, 2.75) is 6.42 Å². The van der Waals surface area contributed by atoms with Crippen LogP contribution in [0.25, 0.3) is 11.6 Å². The van der Waals surface area contributed by atoms with Gasteiger partial charge >= 0.3 is 0 Å². The number of aliphatic hydroxyl groups excluding tert-OH is 1. The Morgan fingerprint density at radius 3 is 2.72 bits per heavy atom. The number of hydrogen-bond donors (Lipinski definition) is 4. The van der Waals surface area contributed by atoms with Gasteiger partial charge in [-0.2, -0.15) is 0 Å². The summed E-state index contributed by atoms with van der Waals surface area (Å²) in [6.45, 7) is 0.540. The number of H-pyrrole nitrogens is 1. The summed E-state index contributed by atoms with van der Waals surface area (Å²) in [4.78, 5) is 16.2. The maximum Gasteiger partial charge on any atom is 0.201 e. The average molecular weight is 476 g/mol. The van der Waals surface area contributed by atoms with Crippen LogP contribution in [0, 0.1) is 11.6 Å². The normalized spacial score (nSPS) is 12.7. The molecule has 0 amide bonds. The molecule has 0 aliphatic carbocycles. The van der Waals surface area contributed by atoms with Crippen LogP contribution in [0.5, 0.6) is 0 Å². The lowest BCUT2D eigenvalue weighted by molar-refractivity contribution is 0.103. The van der Waals surface area contributed by atoms with Gasteiger partial charge in [-0.3, -0.25) is 4.79 Å². The second kappa shape index (κ2) is 9.77. The summed E-state index contributed by atoms with van der Waals surface area (Å²) in [5.41, 5.74) is 1.95. The van der Waals surface area contributed by atoms with Gasteiger partial charge in [-0.05, 0) is 47.9 Å². The molecule has 0 saturated heterocycles. The Hall–Kier alpha value is -2.81. The van der Waals surface area contributed by atoms with Gasteiger partial charge in [0.25, 0.3) is 0 Å². The molecule has 32 heavy (non-hydrogen) atoms. The number of fused-ring (bicyclic) bond motifs is 1. The monoisotopic (exact) mass is 475 g/mol. The van der Waals surface area contributed by atoms with E-state index in [0.29, 0.717) is 35.1 Å². The topological polar surface area (TPSA) is 77.2 Å². The summed E-state index contributed by atoms with van der Waals surface area (Å²) >= 11 is 7.14. The third-order valence-electron chi connectivity index (χ3n) is 5.06. The minimum atomic E-state index is -0.952. The Bertz CT molecular complexity index is 1180. The van der Waals surface area contributed by atoms with Gasteiger partial charge in [0.2, 0.25) is 5.78 Å². The maximum absolute atomic E-state index is 15.1. The molecule has 1 aliphatic heterocycles. The maximum atomic E-state index is 15.1. The number of aliphatic hydroxyl groups is 1. The van der Waals surface area contributed by atoms with Gasteiger partial charge in [-0.1, -0.05) is 35.7 Å². The molecule has 0 radical (unpaired) electrons. The second-order valence-corrected chi connectivity index (χ2v) is 8.50. The van der Waals surface area contributed by atoms with Crippen molar-refractivity contribution in [3.05, 3.63) is 81.5 Å². The minimum Gasteiger partial charge on any atom is -0.396 e. The summed E-state index contributed by atoms with van der Waals surface area (Å²) in [6, 6.07) is 9.62. The highest BCUT2D eigenvalue weighted by Gasteiger charge is 2.27. The first-order valence-electron chi connectivity index (χ1n) is 9.92. The van der Waals surface area contributed by atoms with Gasteiger partial charge in [0.15, 0.2) is 5.82 Å². The third-order valence-corrected chi connectivity index (χ3v) is 6.17. The molecule has 4 rings (SSSR count). The summed E-state index contributed by atoms with van der Waals surface area (Å²) in [7, 11) is 0. The number of rotatable bonds is 8. The van der Waals surface area contributed by atoms with E-state index in [1.165, 1.54) is 24.2 Å². The Balaban J connectivity index is 1.66. The zero-order valence-corrected chi connectivity index (χ0v) is 18.4. The number of carbonyl (C=O) groups excluding carboxylic acids is 1. The molecule has 0 bridgehead atoms. The fourth-order valence-corrected chi connectivity index (χ4v) is 4.23. The number of hydrogen-bond acceptors (Lipinski definition) is 5. The molecule has 0 fully saturated rings. The smallest absolute Gasteiger partial charge is 0.201 e. The van der Waals surface area contributed by atoms with Crippen LogP contribution < -0.4 is 10.0 Å². The van der Waals surface area contributed by atoms with Crippen molar-refractivity contribution in [3.8, 4) is 0 Å². The van der Waals surface area contributed by atoms with Gasteiger partial charge in [-0.25, -0.2) is 8.78 Å². The van der Waals surface area contributed by atoms with Crippen molar-refractivity contribution in [1.82, 2.24) is 4.98 Å². The van der Waals surface area contributed by atoms with Crippen molar-refractivity contribution in [1.29, 1.82) is 0 Å². The van der Waals surface area contributed by atoms with Gasteiger partial charge in [0.05, 0.1) is 11.3 Å². The Morgan fingerprint density at radius 2 is 1.97 bits per heavy atom. The van der Waals surface area contributed by atoms with E-state index in [4.69, 9.17) is 16.7 Å². The van der Waals surface area contributed by atoms with Crippen molar-refractivity contribution >= 4 is 52.5 Å². The lowest BCUT2D eigenvalue weighted by Crippen LogP contribution is -2.13. The standard InChI is InChI=1S/C23H20ClF2N3O2S/c24-15-4-2-13(3-5-15)14-10-16-17(12-28-23(16)27-11-14)22(31)20-18(25)6-7-19(21(20)26)29-32-9-1-8-30/h2-7,10,12,27-30H,1,8-9,11H2. The molecule has 9 heteroatoms. The van der Waals surface area contributed by atoms with Crippen LogP contribution in [0.3, 0.4) is 0 Å². The van der Waals surface area contributed by atoms with Crippen LogP contribution in [0.2, 0.25) is 5.02 Å². The molecule has 3 aromatic rings. The molecule has 1 aliphatic rings. The fourth-order valence-electron chi connectivity index (χ4n) is 3.42. The van der Waals surface area contributed by atoms with Crippen molar-refractivity contribution < 1.29 is 18.7 Å². The molecule has 0 unspecified atom stereocenters. The van der Waals surface area contributed by atoms with E-state index >= 15 is 4.39 Å². The quantitative estimate of drug-likeness (QED) is 0.194. The predicted molar refractivity (Wildman–Crippen MR) is 126 cm³/mol. The number of aromatic amines is 1. The van der Waals surface area contributed by atoms with Crippen LogP contribution in [0.1, 0.15) is 33.5 Å². The van der Waals surface area contributed by atoms with E-state index in [1.807, 2.05) is 18.2 Å². The number of halogens is 3. The highest BCUT2D eigenvalue weighted by atomic mass is 35.5. The van der Waals surface area contributed by atoms with Crippen LogP contribution in [0.4, 0.5) is 20.3 Å². The average Bonchev–Trinajstić information content (AvgIpc) is 3.22. The molecule has 0 atom stereocenters. The SMILES string of the molecule is O=C(c1c[nH]c2c1C=C(c1ccc(Cl)cc1)CN2)c1c(F)ccc(NSCCCO)c1F. The fraction of sp³-hybridized carbons (Fsp3) is 0.174. The molecule has 5 nitrogen and oxygen atoms in total. The number of ketones is 1. The number of benzene rings is 2. The van der Waals surface area contributed by atoms with Crippen molar-refractivity contribution in [2.75, 3.05) is 28.9 Å². The minimum absolute atomic E-state index is 0.0117. The summed E-state index contributed by atoms with van der Waals surface area (Å²) in [5, 5.41) is 12.7. The van der Waals surface area contributed by atoms with E-state index in [2.05, 4.69) is 15.0 Å². The molecule has 2 aromatic carbocycles. The molecule has 4 N–H and O–H groups in total. The summed E-state index contributed by atoms with van der Waals surface area (Å²) in [5.74, 6) is -1.49. The third kappa shape index (κ3) is 4.53. The summed E-state index contributed by atoms with van der Waals surface area (Å²) in [6.07, 6.45) is 3.81. The lowest BCUT2D eigenvalue weighted by Gasteiger charge is -2.17. The van der Waals surface area contributed by atoms with Gasteiger partial charge < -0.3 is 20.1 Å². The molecular weight excluding hydrogens is 456 g/mol. The lowest BCUT2D eigenvalue weighted by atomic mass is 9.95. The van der Waals surface area contributed by atoms with Crippen LogP contribution in [0.15, 0.2) is 42.6 Å². The van der Waals surface area contributed by atoms with E-state index < -0.39 is 23.0 Å². The van der Waals surface area contributed by atoms with Gasteiger partial charge in [0, 0.05) is 41.3 Å². The zero-order valence-electron chi connectivity index (χ0n) is 16.8. The molecule has 0 saturated carbocycles. The Morgan fingerprint density at radius 1 is 1.19 bits per heavy atom. The summed E-state index contributed by atoms with van der Waals surface area (Å²) < 4.78 is 32.4. The molecule has 166 valence electrons. The largest absolute Gasteiger partial charge is 0.396 e. The molecular formula is C23H20ClF2N3O2S. The van der Waals surface area contributed by atoms with Gasteiger partial charge in [0.1, 0.15) is 11.6 Å².